The monoisotopic (exact) mass is 471 g/mol. The van der Waals surface area contributed by atoms with Crippen LogP contribution in [0.2, 0.25) is 0 Å². The van der Waals surface area contributed by atoms with Crippen molar-refractivity contribution in [2.45, 2.75) is 45.0 Å². The number of benzene rings is 2. The molecule has 1 atom stereocenters. The van der Waals surface area contributed by atoms with Crippen LogP contribution >= 0.6 is 0 Å². The summed E-state index contributed by atoms with van der Waals surface area (Å²) >= 11 is 0. The number of rotatable bonds is 6. The van der Waals surface area contributed by atoms with E-state index in [1.807, 2.05) is 26.0 Å². The molecule has 2 amide bonds. The largest absolute Gasteiger partial charge is 0.458 e. The zero-order valence-electron chi connectivity index (χ0n) is 19.5. The van der Waals surface area contributed by atoms with Crippen LogP contribution in [0.15, 0.2) is 73.1 Å². The fraction of sp³-hybridized carbons (Fsp3) is 0.259. The number of esters is 1. The molecule has 35 heavy (non-hydrogen) atoms. The van der Waals surface area contributed by atoms with Gasteiger partial charge in [0, 0.05) is 30.6 Å². The van der Waals surface area contributed by atoms with Gasteiger partial charge in [0.25, 0.3) is 5.91 Å². The number of carbonyl (C=O) groups is 3. The minimum atomic E-state index is -1.53. The van der Waals surface area contributed by atoms with Crippen molar-refractivity contribution in [1.29, 1.82) is 0 Å². The molecule has 1 fully saturated rings. The van der Waals surface area contributed by atoms with Crippen LogP contribution in [0.4, 0.5) is 5.69 Å². The predicted molar refractivity (Wildman–Crippen MR) is 128 cm³/mol. The number of pyridine rings is 1. The van der Waals surface area contributed by atoms with Crippen molar-refractivity contribution in [2.24, 2.45) is 0 Å². The van der Waals surface area contributed by atoms with E-state index in [4.69, 9.17) is 9.47 Å². The van der Waals surface area contributed by atoms with Gasteiger partial charge in [-0.25, -0.2) is 4.79 Å². The van der Waals surface area contributed by atoms with Crippen LogP contribution in [0.5, 0.6) is 11.5 Å². The van der Waals surface area contributed by atoms with Gasteiger partial charge in [0.15, 0.2) is 0 Å². The van der Waals surface area contributed by atoms with Gasteiger partial charge in [0.1, 0.15) is 18.1 Å². The lowest BCUT2D eigenvalue weighted by Gasteiger charge is -2.50. The third-order valence-electron chi connectivity index (χ3n) is 6.34. The summed E-state index contributed by atoms with van der Waals surface area (Å²) in [5, 5.41) is 0. The molecule has 0 radical (unpaired) electrons. The SMILES string of the molecule is CC(C)N1C(=O)c2ccccc2N2C(=O)CCC21C(=O)OCc1ccccc1Oc1cccnc1. The van der Waals surface area contributed by atoms with Gasteiger partial charge in [0.2, 0.25) is 11.6 Å². The number of hydrogen-bond donors (Lipinski definition) is 0. The van der Waals surface area contributed by atoms with Crippen molar-refractivity contribution in [1.82, 2.24) is 9.88 Å². The molecule has 3 heterocycles. The average molecular weight is 472 g/mol. The Labute approximate surface area is 203 Å². The standard InChI is InChI=1S/C27H25N3O5/c1-18(2)29-25(32)21-10-4-5-11-22(21)30-24(31)13-14-27(29,30)26(33)34-17-19-8-3-6-12-23(19)35-20-9-7-15-28-16-20/h3-12,15-16,18H,13-14,17H2,1-2H3. The Kier molecular flexibility index (Phi) is 5.72. The molecule has 1 unspecified atom stereocenters. The van der Waals surface area contributed by atoms with Gasteiger partial charge in [-0.2, -0.15) is 0 Å². The highest BCUT2D eigenvalue weighted by Crippen LogP contribution is 2.46. The van der Waals surface area contributed by atoms with Gasteiger partial charge in [-0.05, 0) is 44.2 Å². The third-order valence-corrected chi connectivity index (χ3v) is 6.34. The topological polar surface area (TPSA) is 89.0 Å². The summed E-state index contributed by atoms with van der Waals surface area (Å²) in [6.07, 6.45) is 3.55. The first-order valence-corrected chi connectivity index (χ1v) is 11.5. The highest BCUT2D eigenvalue weighted by atomic mass is 16.5. The third kappa shape index (κ3) is 3.71. The molecular weight excluding hydrogens is 446 g/mol. The second kappa shape index (κ2) is 8.87. The highest BCUT2D eigenvalue weighted by Gasteiger charge is 2.62. The van der Waals surface area contributed by atoms with E-state index in [2.05, 4.69) is 4.98 Å². The van der Waals surface area contributed by atoms with Gasteiger partial charge in [-0.3, -0.25) is 19.5 Å². The highest BCUT2D eigenvalue weighted by molar-refractivity contribution is 6.15. The molecule has 2 aliphatic rings. The van der Waals surface area contributed by atoms with Crippen molar-refractivity contribution in [3.05, 3.63) is 84.2 Å². The molecule has 8 heteroatoms. The van der Waals surface area contributed by atoms with E-state index in [1.54, 1.807) is 60.9 Å². The Morgan fingerprint density at radius 3 is 2.60 bits per heavy atom. The van der Waals surface area contributed by atoms with Gasteiger partial charge in [-0.15, -0.1) is 0 Å². The molecule has 3 aromatic rings. The molecule has 8 nitrogen and oxygen atoms in total. The van der Waals surface area contributed by atoms with Gasteiger partial charge in [0.05, 0.1) is 17.4 Å². The minimum Gasteiger partial charge on any atom is -0.458 e. The van der Waals surface area contributed by atoms with E-state index >= 15 is 0 Å². The van der Waals surface area contributed by atoms with Crippen molar-refractivity contribution in [3.8, 4) is 11.5 Å². The molecule has 1 saturated heterocycles. The number of fused-ring (bicyclic) bond motifs is 3. The summed E-state index contributed by atoms with van der Waals surface area (Å²) in [7, 11) is 0. The quantitative estimate of drug-likeness (QED) is 0.498. The second-order valence-corrected chi connectivity index (χ2v) is 8.81. The molecule has 2 aromatic carbocycles. The number of para-hydroxylation sites is 2. The molecule has 2 aliphatic heterocycles. The van der Waals surface area contributed by atoms with Crippen LogP contribution < -0.4 is 9.64 Å². The van der Waals surface area contributed by atoms with Gasteiger partial charge >= 0.3 is 5.97 Å². The smallest absolute Gasteiger partial charge is 0.354 e. The lowest BCUT2D eigenvalue weighted by molar-refractivity contribution is -0.159. The predicted octanol–water partition coefficient (Wildman–Crippen LogP) is 4.30. The molecule has 5 rings (SSSR count). The van der Waals surface area contributed by atoms with E-state index in [-0.39, 0.29) is 37.3 Å². The van der Waals surface area contributed by atoms with Crippen LogP contribution in [0.25, 0.3) is 0 Å². The lowest BCUT2D eigenvalue weighted by atomic mass is 9.95. The Morgan fingerprint density at radius 2 is 1.83 bits per heavy atom. The Hall–Kier alpha value is -4.20. The van der Waals surface area contributed by atoms with Crippen molar-refractivity contribution in [3.63, 3.8) is 0 Å². The number of nitrogens with zero attached hydrogens (tertiary/aromatic N) is 3. The normalized spacial score (nSPS) is 18.9. The lowest BCUT2D eigenvalue weighted by Crippen LogP contribution is -2.70. The van der Waals surface area contributed by atoms with E-state index in [0.717, 1.165) is 0 Å². The van der Waals surface area contributed by atoms with Crippen LogP contribution in [0, 0.1) is 0 Å². The molecule has 0 saturated carbocycles. The maximum absolute atomic E-state index is 13.8. The number of amides is 2. The molecule has 0 spiro atoms. The molecule has 1 aromatic heterocycles. The van der Waals surface area contributed by atoms with E-state index in [0.29, 0.717) is 28.3 Å². The molecular formula is C27H25N3O5. The summed E-state index contributed by atoms with van der Waals surface area (Å²) in [5.74, 6) is -0.0726. The Morgan fingerprint density at radius 1 is 1.06 bits per heavy atom. The zero-order chi connectivity index (χ0) is 24.6. The number of aromatic nitrogens is 1. The maximum Gasteiger partial charge on any atom is 0.354 e. The van der Waals surface area contributed by atoms with E-state index in [1.165, 1.54) is 9.80 Å². The number of ether oxygens (including phenoxy) is 2. The molecule has 0 aliphatic carbocycles. The van der Waals surface area contributed by atoms with Crippen LogP contribution in [-0.2, 0) is 20.9 Å². The summed E-state index contributed by atoms with van der Waals surface area (Å²) in [4.78, 5) is 47.3. The fourth-order valence-corrected chi connectivity index (χ4v) is 4.89. The Bertz CT molecular complexity index is 1290. The summed E-state index contributed by atoms with van der Waals surface area (Å²) < 4.78 is 11.7. The molecule has 178 valence electrons. The fourth-order valence-electron chi connectivity index (χ4n) is 4.89. The minimum absolute atomic E-state index is 0.0825. The summed E-state index contributed by atoms with van der Waals surface area (Å²) in [6, 6.07) is 17.3. The van der Waals surface area contributed by atoms with Crippen LogP contribution in [0.3, 0.4) is 0 Å². The summed E-state index contributed by atoms with van der Waals surface area (Å²) in [5.41, 5.74) is -0.0459. The summed E-state index contributed by atoms with van der Waals surface area (Å²) in [6.45, 7) is 3.58. The number of carbonyl (C=O) groups excluding carboxylic acids is 3. The average Bonchev–Trinajstić information content (AvgIpc) is 3.22. The Balaban J connectivity index is 1.47. The second-order valence-electron chi connectivity index (χ2n) is 8.81. The van der Waals surface area contributed by atoms with E-state index in [9.17, 15) is 14.4 Å². The zero-order valence-corrected chi connectivity index (χ0v) is 19.5. The van der Waals surface area contributed by atoms with Crippen molar-refractivity contribution >= 4 is 23.5 Å². The van der Waals surface area contributed by atoms with Gasteiger partial charge in [-0.1, -0.05) is 30.3 Å². The first-order chi connectivity index (χ1) is 16.9. The van der Waals surface area contributed by atoms with Gasteiger partial charge < -0.3 is 14.4 Å². The van der Waals surface area contributed by atoms with Crippen molar-refractivity contribution < 1.29 is 23.9 Å². The van der Waals surface area contributed by atoms with Crippen molar-refractivity contribution in [2.75, 3.05) is 4.90 Å². The number of anilines is 1. The van der Waals surface area contributed by atoms with Crippen LogP contribution in [-0.4, -0.2) is 39.4 Å². The molecule has 0 bridgehead atoms. The maximum atomic E-state index is 13.8. The van der Waals surface area contributed by atoms with Crippen LogP contribution in [0.1, 0.15) is 42.6 Å². The number of hydrogen-bond acceptors (Lipinski definition) is 6. The first kappa shape index (κ1) is 22.6. The first-order valence-electron chi connectivity index (χ1n) is 11.5. The molecule has 0 N–H and O–H groups in total. The van der Waals surface area contributed by atoms with E-state index < -0.39 is 11.6 Å².